The molecule has 2 aliphatic rings. The van der Waals surface area contributed by atoms with E-state index >= 15 is 0 Å². The predicted molar refractivity (Wildman–Crippen MR) is 108 cm³/mol. The second-order valence-corrected chi connectivity index (χ2v) is 6.99. The molecule has 0 radical (unpaired) electrons. The van der Waals surface area contributed by atoms with Crippen LogP contribution in [0, 0.1) is 0 Å². The van der Waals surface area contributed by atoms with E-state index in [-0.39, 0.29) is 5.91 Å². The van der Waals surface area contributed by atoms with Crippen molar-refractivity contribution in [2.75, 3.05) is 25.1 Å². The van der Waals surface area contributed by atoms with Gasteiger partial charge in [-0.3, -0.25) is 4.79 Å². The molecule has 0 unspecified atom stereocenters. The lowest BCUT2D eigenvalue weighted by Crippen LogP contribution is -2.36. The van der Waals surface area contributed by atoms with Crippen molar-refractivity contribution in [1.29, 1.82) is 0 Å². The molecule has 1 N–H and O–H groups in total. The quantitative estimate of drug-likeness (QED) is 0.743. The molecular weight excluding hydrogens is 368 g/mol. The van der Waals surface area contributed by atoms with Crippen LogP contribution < -0.4 is 14.8 Å². The van der Waals surface area contributed by atoms with Gasteiger partial charge in [-0.15, -0.1) is 0 Å². The van der Waals surface area contributed by atoms with Gasteiger partial charge < -0.3 is 19.7 Å². The molecular formula is C22H20N4O3. The van der Waals surface area contributed by atoms with Gasteiger partial charge in [-0.05, 0) is 35.7 Å². The molecule has 1 amide bonds. The van der Waals surface area contributed by atoms with Gasteiger partial charge in [0.1, 0.15) is 18.9 Å². The van der Waals surface area contributed by atoms with Crippen molar-refractivity contribution in [2.24, 2.45) is 0 Å². The van der Waals surface area contributed by atoms with Gasteiger partial charge >= 0.3 is 0 Å². The fourth-order valence-corrected chi connectivity index (χ4v) is 3.62. The fraction of sp³-hybridized carbons (Fsp3) is 0.227. The van der Waals surface area contributed by atoms with E-state index < -0.39 is 0 Å². The number of anilines is 2. The van der Waals surface area contributed by atoms with Crippen molar-refractivity contribution in [2.45, 2.75) is 13.0 Å². The van der Waals surface area contributed by atoms with E-state index in [1.165, 1.54) is 11.1 Å². The third-order valence-electron chi connectivity index (χ3n) is 5.09. The van der Waals surface area contributed by atoms with Crippen molar-refractivity contribution in [3.05, 3.63) is 71.5 Å². The van der Waals surface area contributed by atoms with Crippen LogP contribution in [-0.4, -0.2) is 40.5 Å². The van der Waals surface area contributed by atoms with Crippen LogP contribution in [0.25, 0.3) is 0 Å². The summed E-state index contributed by atoms with van der Waals surface area (Å²) in [5.74, 6) is 1.68. The minimum Gasteiger partial charge on any atom is -0.486 e. The molecule has 0 bridgehead atoms. The molecule has 3 aromatic rings. The summed E-state index contributed by atoms with van der Waals surface area (Å²) in [6, 6.07) is 15.4. The molecule has 2 aromatic carbocycles. The standard InChI is InChI=1S/C22H20N4O3/c27-21(26-10-8-15-3-1-2-4-16(15)14-26)18-7-9-23-22(25-18)24-17-5-6-19-20(13-17)29-12-11-28-19/h1-7,9,13H,8,10-12,14H2,(H,23,24,25). The Morgan fingerprint density at radius 2 is 1.83 bits per heavy atom. The summed E-state index contributed by atoms with van der Waals surface area (Å²) in [7, 11) is 0. The van der Waals surface area contributed by atoms with Crippen LogP contribution in [0.1, 0.15) is 21.6 Å². The Morgan fingerprint density at radius 3 is 2.72 bits per heavy atom. The molecule has 0 atom stereocenters. The number of fused-ring (bicyclic) bond motifs is 2. The van der Waals surface area contributed by atoms with Crippen LogP contribution in [0.15, 0.2) is 54.7 Å². The number of benzene rings is 2. The highest BCUT2D eigenvalue weighted by Gasteiger charge is 2.23. The van der Waals surface area contributed by atoms with Crippen molar-refractivity contribution in [3.8, 4) is 11.5 Å². The van der Waals surface area contributed by atoms with Gasteiger partial charge in [0, 0.05) is 31.0 Å². The molecule has 0 fully saturated rings. The number of carbonyl (C=O) groups excluding carboxylic acids is 1. The number of nitrogens with one attached hydrogen (secondary N) is 1. The van der Waals surface area contributed by atoms with Crippen LogP contribution >= 0.6 is 0 Å². The lowest BCUT2D eigenvalue weighted by molar-refractivity contribution is 0.0728. The van der Waals surface area contributed by atoms with Crippen molar-refractivity contribution in [3.63, 3.8) is 0 Å². The summed E-state index contributed by atoms with van der Waals surface area (Å²) in [4.78, 5) is 23.5. The third-order valence-corrected chi connectivity index (χ3v) is 5.09. The van der Waals surface area contributed by atoms with Crippen molar-refractivity contribution < 1.29 is 14.3 Å². The molecule has 7 heteroatoms. The molecule has 0 saturated carbocycles. The number of carbonyl (C=O) groups is 1. The number of hydrogen-bond acceptors (Lipinski definition) is 6. The first-order valence-electron chi connectivity index (χ1n) is 9.62. The minimum atomic E-state index is -0.0906. The number of rotatable bonds is 3. The zero-order valence-electron chi connectivity index (χ0n) is 15.8. The van der Waals surface area contributed by atoms with Gasteiger partial charge in [0.15, 0.2) is 11.5 Å². The normalized spacial score (nSPS) is 14.8. The monoisotopic (exact) mass is 388 g/mol. The van der Waals surface area contributed by atoms with E-state index in [9.17, 15) is 4.79 Å². The van der Waals surface area contributed by atoms with Gasteiger partial charge in [-0.1, -0.05) is 24.3 Å². The van der Waals surface area contributed by atoms with Gasteiger partial charge in [0.05, 0.1) is 0 Å². The van der Waals surface area contributed by atoms with E-state index in [0.717, 1.165) is 17.9 Å². The summed E-state index contributed by atoms with van der Waals surface area (Å²) in [6.45, 7) is 2.36. The highest BCUT2D eigenvalue weighted by atomic mass is 16.6. The summed E-state index contributed by atoms with van der Waals surface area (Å²) >= 11 is 0. The molecule has 0 spiro atoms. The van der Waals surface area contributed by atoms with Crippen LogP contribution in [0.4, 0.5) is 11.6 Å². The second kappa shape index (κ2) is 7.43. The van der Waals surface area contributed by atoms with E-state index in [4.69, 9.17) is 9.47 Å². The molecule has 3 heterocycles. The largest absolute Gasteiger partial charge is 0.486 e. The predicted octanol–water partition coefficient (Wildman–Crippen LogP) is 3.19. The summed E-state index contributed by atoms with van der Waals surface area (Å²) < 4.78 is 11.1. The Bertz CT molecular complexity index is 1070. The molecule has 5 rings (SSSR count). The highest BCUT2D eigenvalue weighted by molar-refractivity contribution is 5.92. The smallest absolute Gasteiger partial charge is 0.272 e. The van der Waals surface area contributed by atoms with E-state index in [0.29, 0.717) is 43.7 Å². The Hall–Kier alpha value is -3.61. The maximum atomic E-state index is 13.0. The Balaban J connectivity index is 1.33. The average molecular weight is 388 g/mol. The minimum absolute atomic E-state index is 0.0906. The number of ether oxygens (including phenoxy) is 2. The first-order valence-corrected chi connectivity index (χ1v) is 9.62. The molecule has 1 aromatic heterocycles. The first kappa shape index (κ1) is 17.5. The molecule has 7 nitrogen and oxygen atoms in total. The maximum absolute atomic E-state index is 13.0. The number of aromatic nitrogens is 2. The highest BCUT2D eigenvalue weighted by Crippen LogP contribution is 2.33. The van der Waals surface area contributed by atoms with Gasteiger partial charge in [-0.25, -0.2) is 9.97 Å². The lowest BCUT2D eigenvalue weighted by atomic mass is 10.00. The zero-order chi connectivity index (χ0) is 19.6. The third kappa shape index (κ3) is 3.59. The molecule has 29 heavy (non-hydrogen) atoms. The van der Waals surface area contributed by atoms with E-state index in [2.05, 4.69) is 27.4 Å². The number of nitrogens with zero attached hydrogens (tertiary/aromatic N) is 3. The van der Waals surface area contributed by atoms with Gasteiger partial charge in [0.2, 0.25) is 5.95 Å². The zero-order valence-corrected chi connectivity index (χ0v) is 15.8. The summed E-state index contributed by atoms with van der Waals surface area (Å²) in [5, 5.41) is 3.14. The van der Waals surface area contributed by atoms with Crippen LogP contribution in [0.5, 0.6) is 11.5 Å². The fourth-order valence-electron chi connectivity index (χ4n) is 3.62. The topological polar surface area (TPSA) is 76.6 Å². The van der Waals surface area contributed by atoms with Gasteiger partial charge in [0.25, 0.3) is 5.91 Å². The Labute approximate surface area is 168 Å². The number of hydrogen-bond donors (Lipinski definition) is 1. The second-order valence-electron chi connectivity index (χ2n) is 6.99. The van der Waals surface area contributed by atoms with Crippen LogP contribution in [0.3, 0.4) is 0 Å². The number of amides is 1. The van der Waals surface area contributed by atoms with E-state index in [1.807, 2.05) is 35.2 Å². The summed E-state index contributed by atoms with van der Waals surface area (Å²) in [6.07, 6.45) is 2.45. The average Bonchev–Trinajstić information content (AvgIpc) is 2.78. The first-order chi connectivity index (χ1) is 14.3. The Kier molecular flexibility index (Phi) is 4.48. The SMILES string of the molecule is O=C(c1ccnc(Nc2ccc3c(c2)OCCO3)n1)N1CCc2ccccc2C1. The van der Waals surface area contributed by atoms with Crippen molar-refractivity contribution >= 4 is 17.5 Å². The maximum Gasteiger partial charge on any atom is 0.272 e. The molecule has 2 aliphatic heterocycles. The molecule has 146 valence electrons. The summed E-state index contributed by atoms with van der Waals surface area (Å²) in [5.41, 5.74) is 3.64. The van der Waals surface area contributed by atoms with Crippen LogP contribution in [-0.2, 0) is 13.0 Å². The Morgan fingerprint density at radius 1 is 1.00 bits per heavy atom. The van der Waals surface area contributed by atoms with Crippen LogP contribution in [0.2, 0.25) is 0 Å². The van der Waals surface area contributed by atoms with E-state index in [1.54, 1.807) is 12.3 Å². The van der Waals surface area contributed by atoms with Crippen molar-refractivity contribution in [1.82, 2.24) is 14.9 Å². The van der Waals surface area contributed by atoms with Gasteiger partial charge in [-0.2, -0.15) is 0 Å². The molecule has 0 aliphatic carbocycles. The molecule has 0 saturated heterocycles. The lowest BCUT2D eigenvalue weighted by Gasteiger charge is -2.28.